The van der Waals surface area contributed by atoms with Gasteiger partial charge in [-0.15, -0.1) is 0 Å². The highest BCUT2D eigenvalue weighted by Gasteiger charge is 2.26. The van der Waals surface area contributed by atoms with Gasteiger partial charge in [0.15, 0.2) is 0 Å². The number of hydrogen-bond acceptors (Lipinski definition) is 2. The predicted molar refractivity (Wildman–Crippen MR) is 115 cm³/mol. The molecular formula is C24H29N3O. The molecule has 2 heterocycles. The van der Waals surface area contributed by atoms with Crippen molar-refractivity contribution in [1.29, 1.82) is 0 Å². The minimum Gasteiger partial charge on any atom is -0.347 e. The van der Waals surface area contributed by atoms with Crippen LogP contribution in [0.15, 0.2) is 48.7 Å². The molecule has 0 saturated carbocycles. The van der Waals surface area contributed by atoms with Gasteiger partial charge in [-0.2, -0.15) is 0 Å². The molecule has 1 aliphatic heterocycles. The Balaban J connectivity index is 1.53. The summed E-state index contributed by atoms with van der Waals surface area (Å²) >= 11 is 0. The number of carbonyl (C=O) groups is 1. The second kappa shape index (κ2) is 7.80. The molecule has 1 fully saturated rings. The molecule has 0 bridgehead atoms. The molecule has 1 saturated heterocycles. The van der Waals surface area contributed by atoms with E-state index < -0.39 is 0 Å². The molecular weight excluding hydrogens is 346 g/mol. The fourth-order valence-corrected chi connectivity index (χ4v) is 4.53. The highest BCUT2D eigenvalue weighted by Crippen LogP contribution is 2.31. The molecule has 2 N–H and O–H groups in total. The van der Waals surface area contributed by atoms with Gasteiger partial charge in [0.2, 0.25) is 0 Å². The van der Waals surface area contributed by atoms with Gasteiger partial charge in [0.1, 0.15) is 0 Å². The first-order chi connectivity index (χ1) is 13.6. The van der Waals surface area contributed by atoms with Crippen molar-refractivity contribution in [2.75, 3.05) is 13.1 Å². The molecule has 4 nitrogen and oxygen atoms in total. The quantitative estimate of drug-likeness (QED) is 0.732. The number of aryl methyl sites for hydroxylation is 2. The number of nitrogens with zero attached hydrogens (tertiary/aromatic N) is 2. The number of carbonyl (C=O) groups excluding carboxylic acids is 1. The van der Waals surface area contributed by atoms with Crippen LogP contribution in [0.3, 0.4) is 0 Å². The average molecular weight is 376 g/mol. The van der Waals surface area contributed by atoms with Gasteiger partial charge in [-0.3, -0.25) is 4.79 Å². The molecule has 0 unspecified atom stereocenters. The van der Waals surface area contributed by atoms with E-state index in [1.165, 1.54) is 22.2 Å². The molecule has 4 heteroatoms. The summed E-state index contributed by atoms with van der Waals surface area (Å²) in [7, 11) is 0. The zero-order valence-corrected chi connectivity index (χ0v) is 16.8. The van der Waals surface area contributed by atoms with Crippen molar-refractivity contribution >= 4 is 16.8 Å². The van der Waals surface area contributed by atoms with E-state index in [1.807, 2.05) is 17.2 Å². The third kappa shape index (κ3) is 3.33. The summed E-state index contributed by atoms with van der Waals surface area (Å²) in [6.07, 6.45) is 4.05. The molecule has 0 atom stereocenters. The van der Waals surface area contributed by atoms with Gasteiger partial charge in [-0.25, -0.2) is 0 Å². The smallest absolute Gasteiger partial charge is 0.256 e. The van der Waals surface area contributed by atoms with Crippen LogP contribution in [0, 0.1) is 6.92 Å². The lowest BCUT2D eigenvalue weighted by atomic mass is 9.88. The summed E-state index contributed by atoms with van der Waals surface area (Å²) in [6, 6.07) is 14.8. The van der Waals surface area contributed by atoms with Crippen LogP contribution >= 0.6 is 0 Å². The number of likely N-dealkylation sites (tertiary alicyclic amines) is 1. The van der Waals surface area contributed by atoms with Crippen molar-refractivity contribution in [3.8, 4) is 0 Å². The molecule has 1 aromatic heterocycles. The van der Waals surface area contributed by atoms with E-state index in [0.29, 0.717) is 12.5 Å². The third-order valence-corrected chi connectivity index (χ3v) is 6.11. The Morgan fingerprint density at radius 2 is 1.89 bits per heavy atom. The van der Waals surface area contributed by atoms with Gasteiger partial charge >= 0.3 is 0 Å². The molecule has 0 spiro atoms. The van der Waals surface area contributed by atoms with Crippen LogP contribution in [-0.4, -0.2) is 28.5 Å². The summed E-state index contributed by atoms with van der Waals surface area (Å²) in [6.45, 7) is 7.30. The van der Waals surface area contributed by atoms with Crippen molar-refractivity contribution in [2.45, 2.75) is 45.7 Å². The summed E-state index contributed by atoms with van der Waals surface area (Å²) in [5, 5.41) is 1.07. The Morgan fingerprint density at radius 3 is 2.61 bits per heavy atom. The highest BCUT2D eigenvalue weighted by atomic mass is 16.2. The molecule has 4 rings (SSSR count). The van der Waals surface area contributed by atoms with Gasteiger partial charge in [0, 0.05) is 37.8 Å². The Hall–Kier alpha value is -2.59. The summed E-state index contributed by atoms with van der Waals surface area (Å²) in [5.41, 5.74) is 11.6. The minimum atomic E-state index is 0.164. The van der Waals surface area contributed by atoms with Crippen molar-refractivity contribution in [1.82, 2.24) is 9.47 Å². The maximum absolute atomic E-state index is 13.3. The van der Waals surface area contributed by atoms with Crippen LogP contribution in [0.25, 0.3) is 10.9 Å². The Morgan fingerprint density at radius 1 is 1.14 bits per heavy atom. The molecule has 146 valence electrons. The van der Waals surface area contributed by atoms with Gasteiger partial charge < -0.3 is 15.2 Å². The Kier molecular flexibility index (Phi) is 5.23. The van der Waals surface area contributed by atoms with Gasteiger partial charge in [-0.1, -0.05) is 42.5 Å². The third-order valence-electron chi connectivity index (χ3n) is 6.11. The van der Waals surface area contributed by atoms with Crippen molar-refractivity contribution in [3.05, 3.63) is 70.9 Å². The first kappa shape index (κ1) is 18.8. The standard InChI is InChI=1S/C24H29N3O/c1-3-26-16-22(21-9-4-6-17(2)23(21)26)24(28)27-12-10-19(11-13-27)20-8-5-7-18(14-20)15-25/h4-9,14,16,19H,3,10-13,15,25H2,1-2H3. The lowest BCUT2D eigenvalue weighted by molar-refractivity contribution is 0.0715. The second-order valence-corrected chi connectivity index (χ2v) is 7.82. The van der Waals surface area contributed by atoms with Crippen LogP contribution < -0.4 is 5.73 Å². The molecule has 1 amide bonds. The molecule has 2 aromatic carbocycles. The van der Waals surface area contributed by atoms with Crippen LogP contribution in [-0.2, 0) is 13.1 Å². The monoisotopic (exact) mass is 375 g/mol. The van der Waals surface area contributed by atoms with Crippen LogP contribution in [0.4, 0.5) is 0 Å². The number of amides is 1. The van der Waals surface area contributed by atoms with E-state index in [0.717, 1.165) is 43.4 Å². The molecule has 3 aromatic rings. The Labute approximate surface area is 166 Å². The Bertz CT molecular complexity index is 996. The van der Waals surface area contributed by atoms with E-state index in [-0.39, 0.29) is 5.91 Å². The number of rotatable bonds is 4. The molecule has 1 aliphatic rings. The van der Waals surface area contributed by atoms with Crippen LogP contribution in [0.5, 0.6) is 0 Å². The van der Waals surface area contributed by atoms with E-state index in [4.69, 9.17) is 5.73 Å². The molecule has 0 aliphatic carbocycles. The number of fused-ring (bicyclic) bond motifs is 1. The number of para-hydroxylation sites is 1. The van der Waals surface area contributed by atoms with E-state index >= 15 is 0 Å². The zero-order chi connectivity index (χ0) is 19.7. The maximum Gasteiger partial charge on any atom is 0.256 e. The number of hydrogen-bond donors (Lipinski definition) is 1. The fourth-order valence-electron chi connectivity index (χ4n) is 4.53. The second-order valence-electron chi connectivity index (χ2n) is 7.82. The highest BCUT2D eigenvalue weighted by molar-refractivity contribution is 6.07. The van der Waals surface area contributed by atoms with Crippen molar-refractivity contribution in [2.24, 2.45) is 5.73 Å². The van der Waals surface area contributed by atoms with Gasteiger partial charge in [0.05, 0.1) is 11.1 Å². The normalized spacial score (nSPS) is 15.3. The topological polar surface area (TPSA) is 51.3 Å². The number of aromatic nitrogens is 1. The first-order valence-electron chi connectivity index (χ1n) is 10.3. The molecule has 0 radical (unpaired) electrons. The van der Waals surface area contributed by atoms with Crippen molar-refractivity contribution < 1.29 is 4.79 Å². The summed E-state index contributed by atoms with van der Waals surface area (Å²) < 4.78 is 2.20. The minimum absolute atomic E-state index is 0.164. The zero-order valence-electron chi connectivity index (χ0n) is 16.8. The number of nitrogens with two attached hydrogens (primary N) is 1. The van der Waals surface area contributed by atoms with Gasteiger partial charge in [0.25, 0.3) is 5.91 Å². The summed E-state index contributed by atoms with van der Waals surface area (Å²) in [5.74, 6) is 0.673. The maximum atomic E-state index is 13.3. The summed E-state index contributed by atoms with van der Waals surface area (Å²) in [4.78, 5) is 15.3. The average Bonchev–Trinajstić information content (AvgIpc) is 3.13. The number of piperidine rings is 1. The first-order valence-corrected chi connectivity index (χ1v) is 10.3. The fraction of sp³-hybridized carbons (Fsp3) is 0.375. The largest absolute Gasteiger partial charge is 0.347 e. The van der Waals surface area contributed by atoms with E-state index in [9.17, 15) is 4.79 Å². The van der Waals surface area contributed by atoms with E-state index in [1.54, 1.807) is 0 Å². The number of benzene rings is 2. The SMILES string of the molecule is CCn1cc(C(=O)N2CCC(c3cccc(CN)c3)CC2)c2cccc(C)c21. The molecule has 28 heavy (non-hydrogen) atoms. The van der Waals surface area contributed by atoms with Crippen molar-refractivity contribution in [3.63, 3.8) is 0 Å². The van der Waals surface area contributed by atoms with Crippen LogP contribution in [0.2, 0.25) is 0 Å². The lowest BCUT2D eigenvalue weighted by Crippen LogP contribution is -2.37. The van der Waals surface area contributed by atoms with Gasteiger partial charge in [-0.05, 0) is 49.3 Å². The lowest BCUT2D eigenvalue weighted by Gasteiger charge is -2.32. The van der Waals surface area contributed by atoms with E-state index in [2.05, 4.69) is 54.8 Å². The predicted octanol–water partition coefficient (Wildman–Crippen LogP) is 4.45. The van der Waals surface area contributed by atoms with Crippen LogP contribution in [0.1, 0.15) is 52.7 Å².